The van der Waals surface area contributed by atoms with Crippen LogP contribution in [-0.4, -0.2) is 42.3 Å². The predicted molar refractivity (Wildman–Crippen MR) is 80.8 cm³/mol. The van der Waals surface area contributed by atoms with Crippen molar-refractivity contribution in [3.8, 4) is 0 Å². The van der Waals surface area contributed by atoms with Crippen molar-refractivity contribution in [2.75, 3.05) is 19.6 Å². The first-order chi connectivity index (χ1) is 9.46. The lowest BCUT2D eigenvalue weighted by Gasteiger charge is -2.36. The Hall–Kier alpha value is -0.770. The number of ether oxygens (including phenoxy) is 1. The molecule has 1 N–H and O–H groups in total. The zero-order chi connectivity index (χ0) is 14.6. The van der Waals surface area contributed by atoms with E-state index < -0.39 is 5.60 Å². The summed E-state index contributed by atoms with van der Waals surface area (Å²) in [7, 11) is 0. The molecule has 0 saturated carbocycles. The first-order valence-corrected chi connectivity index (χ1v) is 8.17. The van der Waals surface area contributed by atoms with Crippen LogP contribution in [-0.2, 0) is 4.74 Å². The van der Waals surface area contributed by atoms with Crippen LogP contribution in [0, 0.1) is 5.92 Å². The Kier molecular flexibility index (Phi) is 5.30. The number of carbonyl (C=O) groups excluding carboxylic acids is 1. The van der Waals surface area contributed by atoms with E-state index in [1.165, 1.54) is 25.7 Å². The fourth-order valence-electron chi connectivity index (χ4n) is 3.27. The molecule has 2 saturated heterocycles. The van der Waals surface area contributed by atoms with Crippen molar-refractivity contribution in [2.24, 2.45) is 5.92 Å². The molecule has 0 radical (unpaired) electrons. The first-order valence-electron chi connectivity index (χ1n) is 8.17. The summed E-state index contributed by atoms with van der Waals surface area (Å²) in [5.41, 5.74) is -0.392. The third-order valence-corrected chi connectivity index (χ3v) is 4.36. The highest BCUT2D eigenvalue weighted by molar-refractivity contribution is 5.68. The van der Waals surface area contributed by atoms with Gasteiger partial charge in [0.05, 0.1) is 0 Å². The van der Waals surface area contributed by atoms with Gasteiger partial charge >= 0.3 is 6.09 Å². The molecule has 1 amide bonds. The van der Waals surface area contributed by atoms with E-state index in [0.29, 0.717) is 6.04 Å². The number of hydrogen-bond acceptors (Lipinski definition) is 3. The normalized spacial score (nSPS) is 26.1. The summed E-state index contributed by atoms with van der Waals surface area (Å²) in [5, 5.41) is 3.70. The predicted octanol–water partition coefficient (Wildman–Crippen LogP) is 3.17. The highest BCUT2D eigenvalue weighted by atomic mass is 16.6. The molecular formula is C16H30N2O2. The minimum Gasteiger partial charge on any atom is -0.444 e. The van der Waals surface area contributed by atoms with Gasteiger partial charge in [0.15, 0.2) is 0 Å². The topological polar surface area (TPSA) is 41.6 Å². The van der Waals surface area contributed by atoms with E-state index in [1.807, 2.05) is 25.7 Å². The number of nitrogens with one attached hydrogen (secondary N) is 1. The van der Waals surface area contributed by atoms with Crippen LogP contribution in [0.1, 0.15) is 59.3 Å². The molecule has 0 bridgehead atoms. The van der Waals surface area contributed by atoms with E-state index in [0.717, 1.165) is 38.4 Å². The van der Waals surface area contributed by atoms with Crippen molar-refractivity contribution >= 4 is 6.09 Å². The van der Waals surface area contributed by atoms with Gasteiger partial charge in [-0.25, -0.2) is 4.79 Å². The molecule has 4 heteroatoms. The zero-order valence-electron chi connectivity index (χ0n) is 13.3. The molecule has 0 aromatic carbocycles. The van der Waals surface area contributed by atoms with Gasteiger partial charge in [-0.2, -0.15) is 0 Å². The van der Waals surface area contributed by atoms with Crippen molar-refractivity contribution in [1.82, 2.24) is 10.2 Å². The summed E-state index contributed by atoms with van der Waals surface area (Å²) in [5.74, 6) is 0.729. The highest BCUT2D eigenvalue weighted by Gasteiger charge is 2.30. The van der Waals surface area contributed by atoms with Gasteiger partial charge in [0.1, 0.15) is 5.60 Å². The van der Waals surface area contributed by atoms with Crippen molar-refractivity contribution in [3.05, 3.63) is 0 Å². The molecule has 2 aliphatic heterocycles. The van der Waals surface area contributed by atoms with Crippen LogP contribution in [0.25, 0.3) is 0 Å². The lowest BCUT2D eigenvalue weighted by molar-refractivity contribution is 0.0168. The van der Waals surface area contributed by atoms with E-state index in [4.69, 9.17) is 4.74 Å². The number of nitrogens with zero attached hydrogens (tertiary/aromatic N) is 1. The second-order valence-corrected chi connectivity index (χ2v) is 7.21. The summed E-state index contributed by atoms with van der Waals surface area (Å²) in [4.78, 5) is 13.9. The standard InChI is InChI=1S/C16H30N2O2/c1-16(2,3)20-15(19)18-11-8-13(9-12-18)14-7-5-4-6-10-17-14/h13-14,17H,4-12H2,1-3H3. The number of rotatable bonds is 1. The Morgan fingerprint density at radius 1 is 1.10 bits per heavy atom. The summed E-state index contributed by atoms with van der Waals surface area (Å²) in [6.45, 7) is 8.62. The van der Waals surface area contributed by atoms with E-state index in [1.54, 1.807) is 0 Å². The smallest absolute Gasteiger partial charge is 0.410 e. The minimum atomic E-state index is -0.392. The molecule has 20 heavy (non-hydrogen) atoms. The van der Waals surface area contributed by atoms with Gasteiger partial charge in [0.25, 0.3) is 0 Å². The Morgan fingerprint density at radius 3 is 2.45 bits per heavy atom. The first kappa shape index (κ1) is 15.6. The number of piperidine rings is 1. The average Bonchev–Trinajstić information content (AvgIpc) is 2.66. The molecule has 2 heterocycles. The SMILES string of the molecule is CC(C)(C)OC(=O)N1CCC(C2CCCCCN2)CC1. The van der Waals surface area contributed by atoms with Crippen LogP contribution in [0.4, 0.5) is 4.79 Å². The summed E-state index contributed by atoms with van der Waals surface area (Å²) in [6.07, 6.45) is 7.40. The van der Waals surface area contributed by atoms with Gasteiger partial charge in [0, 0.05) is 19.1 Å². The van der Waals surface area contributed by atoms with Crippen molar-refractivity contribution in [2.45, 2.75) is 70.9 Å². The van der Waals surface area contributed by atoms with Gasteiger partial charge in [-0.05, 0) is 58.9 Å². The fourth-order valence-corrected chi connectivity index (χ4v) is 3.27. The third-order valence-electron chi connectivity index (χ3n) is 4.36. The molecule has 2 aliphatic rings. The van der Waals surface area contributed by atoms with Gasteiger partial charge in [-0.1, -0.05) is 12.8 Å². The molecular weight excluding hydrogens is 252 g/mol. The van der Waals surface area contributed by atoms with Gasteiger partial charge in [-0.15, -0.1) is 0 Å². The third kappa shape index (κ3) is 4.65. The van der Waals surface area contributed by atoms with E-state index >= 15 is 0 Å². The van der Waals surface area contributed by atoms with Gasteiger partial charge in [-0.3, -0.25) is 0 Å². The summed E-state index contributed by atoms with van der Waals surface area (Å²) < 4.78 is 5.45. The Labute approximate surface area is 123 Å². The number of hydrogen-bond donors (Lipinski definition) is 1. The minimum absolute atomic E-state index is 0.148. The lowest BCUT2D eigenvalue weighted by Crippen LogP contribution is -2.46. The fraction of sp³-hybridized carbons (Fsp3) is 0.938. The molecule has 4 nitrogen and oxygen atoms in total. The molecule has 0 aromatic heterocycles. The molecule has 116 valence electrons. The number of likely N-dealkylation sites (tertiary alicyclic amines) is 1. The van der Waals surface area contributed by atoms with Crippen LogP contribution in [0.5, 0.6) is 0 Å². The molecule has 1 unspecified atom stereocenters. The van der Waals surface area contributed by atoms with Crippen LogP contribution < -0.4 is 5.32 Å². The summed E-state index contributed by atoms with van der Waals surface area (Å²) in [6, 6.07) is 0.665. The molecule has 0 spiro atoms. The van der Waals surface area contributed by atoms with E-state index in [9.17, 15) is 4.79 Å². The Morgan fingerprint density at radius 2 is 1.80 bits per heavy atom. The molecule has 0 aliphatic carbocycles. The van der Waals surface area contributed by atoms with Crippen LogP contribution in [0.2, 0.25) is 0 Å². The Balaban J connectivity index is 1.78. The Bertz CT molecular complexity index is 309. The van der Waals surface area contributed by atoms with Crippen LogP contribution >= 0.6 is 0 Å². The van der Waals surface area contributed by atoms with E-state index in [-0.39, 0.29) is 6.09 Å². The van der Waals surface area contributed by atoms with Gasteiger partial charge in [0.2, 0.25) is 0 Å². The molecule has 2 fully saturated rings. The zero-order valence-corrected chi connectivity index (χ0v) is 13.3. The highest BCUT2D eigenvalue weighted by Crippen LogP contribution is 2.26. The molecule has 2 rings (SSSR count). The average molecular weight is 282 g/mol. The molecule has 0 aromatic rings. The summed E-state index contributed by atoms with van der Waals surface area (Å²) >= 11 is 0. The maximum Gasteiger partial charge on any atom is 0.410 e. The van der Waals surface area contributed by atoms with Crippen LogP contribution in [0.15, 0.2) is 0 Å². The number of amides is 1. The molecule has 1 atom stereocenters. The maximum atomic E-state index is 12.0. The lowest BCUT2D eigenvalue weighted by atomic mass is 9.87. The van der Waals surface area contributed by atoms with Crippen molar-refractivity contribution in [3.63, 3.8) is 0 Å². The quantitative estimate of drug-likeness (QED) is 0.803. The second-order valence-electron chi connectivity index (χ2n) is 7.21. The maximum absolute atomic E-state index is 12.0. The monoisotopic (exact) mass is 282 g/mol. The van der Waals surface area contributed by atoms with Crippen molar-refractivity contribution in [1.29, 1.82) is 0 Å². The second kappa shape index (κ2) is 6.79. The number of carbonyl (C=O) groups is 1. The van der Waals surface area contributed by atoms with Crippen molar-refractivity contribution < 1.29 is 9.53 Å². The van der Waals surface area contributed by atoms with Gasteiger partial charge < -0.3 is 15.0 Å². The van der Waals surface area contributed by atoms with Crippen LogP contribution in [0.3, 0.4) is 0 Å². The van der Waals surface area contributed by atoms with E-state index in [2.05, 4.69) is 5.32 Å². The largest absolute Gasteiger partial charge is 0.444 e.